The number of thioether (sulfide) groups is 1. The molecule has 0 atom stereocenters. The highest BCUT2D eigenvalue weighted by Crippen LogP contribution is 2.20. The van der Waals surface area contributed by atoms with E-state index in [2.05, 4.69) is 34.2 Å². The molecule has 1 N–H and O–H groups in total. The maximum atomic E-state index is 12.0. The Labute approximate surface area is 145 Å². The minimum atomic E-state index is 0.171. The second-order valence-corrected chi connectivity index (χ2v) is 6.45. The molecule has 2 aromatic carbocycles. The summed E-state index contributed by atoms with van der Waals surface area (Å²) in [6.07, 6.45) is 1.46. The van der Waals surface area contributed by atoms with Crippen LogP contribution in [0.3, 0.4) is 0 Å². The average molecular weight is 337 g/mol. The Morgan fingerprint density at radius 2 is 1.79 bits per heavy atom. The summed E-state index contributed by atoms with van der Waals surface area (Å²) in [6, 6.07) is 18.0. The molecule has 4 nitrogen and oxygen atoms in total. The van der Waals surface area contributed by atoms with Gasteiger partial charge in [-0.05, 0) is 17.5 Å². The molecule has 1 heterocycles. The Morgan fingerprint density at radius 1 is 1.04 bits per heavy atom. The maximum Gasteiger partial charge on any atom is 0.209 e. The number of hydrogen-bond donors (Lipinski definition) is 1. The molecule has 0 amide bonds. The number of aromatic amines is 1. The first-order chi connectivity index (χ1) is 11.7. The Hall–Kier alpha value is -2.40. The van der Waals surface area contributed by atoms with Gasteiger partial charge in [0.05, 0.1) is 5.75 Å². The molecular formula is C19H19N3OS. The van der Waals surface area contributed by atoms with Crippen molar-refractivity contribution in [3.8, 4) is 11.4 Å². The minimum absolute atomic E-state index is 0.171. The molecule has 3 aromatic rings. The summed E-state index contributed by atoms with van der Waals surface area (Å²) in [5, 5.41) is 7.73. The van der Waals surface area contributed by atoms with Crippen LogP contribution in [0.15, 0.2) is 59.8 Å². The molecule has 0 aliphatic heterocycles. The number of Topliss-reactive ketones (excluding diaryl/α,β-unsaturated/α-hetero) is 1. The van der Waals surface area contributed by atoms with Crippen LogP contribution in [0.25, 0.3) is 11.4 Å². The zero-order valence-electron chi connectivity index (χ0n) is 13.5. The van der Waals surface area contributed by atoms with Gasteiger partial charge in [0.15, 0.2) is 5.82 Å². The van der Waals surface area contributed by atoms with E-state index in [1.54, 1.807) is 0 Å². The smallest absolute Gasteiger partial charge is 0.209 e. The fraction of sp³-hybridized carbons (Fsp3) is 0.211. The van der Waals surface area contributed by atoms with Crippen molar-refractivity contribution in [3.63, 3.8) is 0 Å². The molecule has 0 radical (unpaired) electrons. The molecule has 0 spiro atoms. The number of carbonyl (C=O) groups excluding carboxylic acids is 1. The summed E-state index contributed by atoms with van der Waals surface area (Å²) in [5.74, 6) is 1.28. The standard InChI is InChI=1S/C19H19N3OS/c1-2-14-8-10-16(11-9-14)18-20-19(22-21-18)24-13-17(23)12-15-6-4-3-5-7-15/h3-11H,2,12-13H2,1H3,(H,20,21,22). The molecule has 0 fully saturated rings. The molecule has 3 rings (SSSR count). The zero-order valence-corrected chi connectivity index (χ0v) is 14.3. The number of ketones is 1. The van der Waals surface area contributed by atoms with Crippen molar-refractivity contribution in [2.24, 2.45) is 0 Å². The van der Waals surface area contributed by atoms with E-state index in [4.69, 9.17) is 0 Å². The van der Waals surface area contributed by atoms with Crippen molar-refractivity contribution in [3.05, 3.63) is 65.7 Å². The van der Waals surface area contributed by atoms with Gasteiger partial charge in [0, 0.05) is 12.0 Å². The summed E-state index contributed by atoms with van der Waals surface area (Å²) in [6.45, 7) is 2.13. The molecule has 0 saturated carbocycles. The van der Waals surface area contributed by atoms with E-state index in [1.807, 2.05) is 42.5 Å². The Balaban J connectivity index is 1.56. The summed E-state index contributed by atoms with van der Waals surface area (Å²) >= 11 is 1.37. The number of aryl methyl sites for hydroxylation is 1. The predicted octanol–water partition coefficient (Wildman–Crippen LogP) is 3.94. The lowest BCUT2D eigenvalue weighted by Gasteiger charge is -1.99. The average Bonchev–Trinajstić information content (AvgIpc) is 3.10. The highest BCUT2D eigenvalue weighted by atomic mass is 32.2. The quantitative estimate of drug-likeness (QED) is 0.664. The lowest BCUT2D eigenvalue weighted by atomic mass is 10.1. The number of benzene rings is 2. The van der Waals surface area contributed by atoms with Crippen LogP contribution in [0, 0.1) is 0 Å². The summed E-state index contributed by atoms with van der Waals surface area (Å²) in [4.78, 5) is 16.5. The first-order valence-electron chi connectivity index (χ1n) is 7.94. The summed E-state index contributed by atoms with van der Waals surface area (Å²) in [7, 11) is 0. The van der Waals surface area contributed by atoms with E-state index in [9.17, 15) is 4.79 Å². The number of hydrogen-bond acceptors (Lipinski definition) is 4. The monoisotopic (exact) mass is 337 g/mol. The summed E-state index contributed by atoms with van der Waals surface area (Å²) < 4.78 is 0. The first kappa shape index (κ1) is 16.5. The molecule has 0 bridgehead atoms. The van der Waals surface area contributed by atoms with Crippen molar-refractivity contribution in [2.75, 3.05) is 5.75 Å². The van der Waals surface area contributed by atoms with Crippen molar-refractivity contribution in [1.82, 2.24) is 15.2 Å². The third-order valence-corrected chi connectivity index (χ3v) is 4.61. The van der Waals surface area contributed by atoms with Gasteiger partial charge in [0.1, 0.15) is 5.78 Å². The fourth-order valence-corrected chi connectivity index (χ4v) is 3.02. The normalized spacial score (nSPS) is 10.7. The van der Waals surface area contributed by atoms with E-state index in [-0.39, 0.29) is 5.78 Å². The van der Waals surface area contributed by atoms with Gasteiger partial charge < -0.3 is 0 Å². The number of nitrogens with zero attached hydrogens (tertiary/aromatic N) is 2. The molecule has 24 heavy (non-hydrogen) atoms. The highest BCUT2D eigenvalue weighted by Gasteiger charge is 2.09. The molecule has 0 unspecified atom stereocenters. The fourth-order valence-electron chi connectivity index (χ4n) is 2.36. The number of nitrogens with one attached hydrogen (secondary N) is 1. The van der Waals surface area contributed by atoms with Crippen LogP contribution < -0.4 is 0 Å². The predicted molar refractivity (Wildman–Crippen MR) is 97.1 cm³/mol. The lowest BCUT2D eigenvalue weighted by molar-refractivity contribution is -0.116. The Bertz CT molecular complexity index is 797. The van der Waals surface area contributed by atoms with Crippen LogP contribution in [0.2, 0.25) is 0 Å². The van der Waals surface area contributed by atoms with E-state index < -0.39 is 0 Å². The second-order valence-electron chi connectivity index (χ2n) is 5.51. The van der Waals surface area contributed by atoms with Crippen molar-refractivity contribution in [1.29, 1.82) is 0 Å². The van der Waals surface area contributed by atoms with Crippen LogP contribution in [0.5, 0.6) is 0 Å². The SMILES string of the molecule is CCc1ccc(-c2nc(SCC(=O)Cc3ccccc3)n[nH]2)cc1. The van der Waals surface area contributed by atoms with Gasteiger partial charge in [-0.2, -0.15) is 0 Å². The zero-order chi connectivity index (χ0) is 16.8. The third-order valence-electron chi connectivity index (χ3n) is 3.71. The molecule has 1 aromatic heterocycles. The van der Waals surface area contributed by atoms with Crippen LogP contribution in [0.4, 0.5) is 0 Å². The van der Waals surface area contributed by atoms with E-state index in [0.717, 1.165) is 23.4 Å². The van der Waals surface area contributed by atoms with Crippen LogP contribution in [0.1, 0.15) is 18.1 Å². The maximum absolute atomic E-state index is 12.0. The third kappa shape index (κ3) is 4.32. The highest BCUT2D eigenvalue weighted by molar-refractivity contribution is 7.99. The lowest BCUT2D eigenvalue weighted by Crippen LogP contribution is -2.05. The molecule has 122 valence electrons. The molecule has 0 aliphatic carbocycles. The Kier molecular flexibility index (Phi) is 5.43. The number of rotatable bonds is 7. The van der Waals surface area contributed by atoms with Gasteiger partial charge in [-0.15, -0.1) is 5.10 Å². The number of carbonyl (C=O) groups is 1. The van der Waals surface area contributed by atoms with Gasteiger partial charge in [-0.3, -0.25) is 9.89 Å². The largest absolute Gasteiger partial charge is 0.298 e. The molecule has 0 aliphatic rings. The van der Waals surface area contributed by atoms with E-state index >= 15 is 0 Å². The van der Waals surface area contributed by atoms with Gasteiger partial charge in [-0.1, -0.05) is 73.3 Å². The van der Waals surface area contributed by atoms with Crippen molar-refractivity contribution < 1.29 is 4.79 Å². The first-order valence-corrected chi connectivity index (χ1v) is 8.93. The number of H-pyrrole nitrogens is 1. The van der Waals surface area contributed by atoms with Crippen molar-refractivity contribution in [2.45, 2.75) is 24.9 Å². The topological polar surface area (TPSA) is 58.6 Å². The molecule has 0 saturated heterocycles. The molecular weight excluding hydrogens is 318 g/mol. The van der Waals surface area contributed by atoms with Gasteiger partial charge in [0.2, 0.25) is 5.16 Å². The molecule has 5 heteroatoms. The van der Waals surface area contributed by atoms with Crippen molar-refractivity contribution >= 4 is 17.5 Å². The van der Waals surface area contributed by atoms with Gasteiger partial charge >= 0.3 is 0 Å². The summed E-state index contributed by atoms with van der Waals surface area (Å²) in [5.41, 5.74) is 3.33. The van der Waals surface area contributed by atoms with E-state index in [0.29, 0.717) is 17.3 Å². The van der Waals surface area contributed by atoms with E-state index in [1.165, 1.54) is 17.3 Å². The van der Waals surface area contributed by atoms with Crippen LogP contribution >= 0.6 is 11.8 Å². The van der Waals surface area contributed by atoms with Crippen LogP contribution in [-0.4, -0.2) is 26.7 Å². The van der Waals surface area contributed by atoms with Gasteiger partial charge in [0.25, 0.3) is 0 Å². The number of aromatic nitrogens is 3. The minimum Gasteiger partial charge on any atom is -0.298 e. The second kappa shape index (κ2) is 7.93. The Morgan fingerprint density at radius 3 is 2.50 bits per heavy atom. The van der Waals surface area contributed by atoms with Crippen LogP contribution in [-0.2, 0) is 17.6 Å². The van der Waals surface area contributed by atoms with Gasteiger partial charge in [-0.25, -0.2) is 4.98 Å².